The number of fused-ring (bicyclic) bond motifs is 3. The van der Waals surface area contributed by atoms with Crippen LogP contribution in [0.3, 0.4) is 0 Å². The molecule has 0 radical (unpaired) electrons. The summed E-state index contributed by atoms with van der Waals surface area (Å²) in [6.07, 6.45) is 6.47. The van der Waals surface area contributed by atoms with E-state index in [0.717, 1.165) is 18.6 Å². The number of allylic oxidation sites excluding steroid dienone is 4. The van der Waals surface area contributed by atoms with Gasteiger partial charge < -0.3 is 5.32 Å². The Morgan fingerprint density at radius 1 is 1.33 bits per heavy atom. The normalized spacial score (nSPS) is 27.9. The molecule has 2 heterocycles. The number of amidine groups is 1. The summed E-state index contributed by atoms with van der Waals surface area (Å²) in [5.74, 6) is 7.71. The molecule has 1 aliphatic carbocycles. The van der Waals surface area contributed by atoms with Crippen molar-refractivity contribution in [2.45, 2.75) is 43.0 Å². The van der Waals surface area contributed by atoms with E-state index in [1.807, 2.05) is 18.7 Å². The lowest BCUT2D eigenvalue weighted by molar-refractivity contribution is 0.420. The predicted molar refractivity (Wildman–Crippen MR) is 105 cm³/mol. The van der Waals surface area contributed by atoms with Gasteiger partial charge in [-0.2, -0.15) is 0 Å². The standard InChI is InChI=1S/C20H20N2S2/c1-3-4-13-5-7-17-15(11-13)16-12-14(6-8-18(16)24-17)20(2)9-10-23-19(21)22-20/h5-8,12,15H,9-11H2,1-2H3,(H2,21,22)/t15?,20-/m0/s1. The minimum Gasteiger partial charge on any atom is -0.356 e. The van der Waals surface area contributed by atoms with Gasteiger partial charge in [0, 0.05) is 22.1 Å². The van der Waals surface area contributed by atoms with Gasteiger partial charge in [-0.3, -0.25) is 5.41 Å². The fourth-order valence-electron chi connectivity index (χ4n) is 3.62. The first-order valence-electron chi connectivity index (χ1n) is 8.24. The van der Waals surface area contributed by atoms with Gasteiger partial charge in [0.1, 0.15) is 0 Å². The molecule has 1 unspecified atom stereocenters. The Balaban J connectivity index is 1.69. The van der Waals surface area contributed by atoms with E-state index in [1.54, 1.807) is 11.8 Å². The monoisotopic (exact) mass is 352 g/mol. The fourth-order valence-corrected chi connectivity index (χ4v) is 5.83. The number of rotatable bonds is 1. The van der Waals surface area contributed by atoms with Crippen molar-refractivity contribution in [3.05, 3.63) is 52.0 Å². The molecule has 122 valence electrons. The topological polar surface area (TPSA) is 35.9 Å². The molecule has 0 bridgehead atoms. The van der Waals surface area contributed by atoms with Crippen LogP contribution in [0.25, 0.3) is 0 Å². The molecule has 2 N–H and O–H groups in total. The first kappa shape index (κ1) is 15.9. The summed E-state index contributed by atoms with van der Waals surface area (Å²) in [5.41, 5.74) is 3.82. The average Bonchev–Trinajstić information content (AvgIpc) is 2.92. The summed E-state index contributed by atoms with van der Waals surface area (Å²) in [5, 5.41) is 12.0. The van der Waals surface area contributed by atoms with Gasteiger partial charge in [0.15, 0.2) is 5.17 Å². The maximum atomic E-state index is 7.98. The molecule has 1 aromatic carbocycles. The van der Waals surface area contributed by atoms with Crippen LogP contribution in [-0.2, 0) is 5.54 Å². The number of thioether (sulfide) groups is 2. The van der Waals surface area contributed by atoms with Gasteiger partial charge in [-0.25, -0.2) is 0 Å². The Kier molecular flexibility index (Phi) is 4.02. The first-order valence-corrected chi connectivity index (χ1v) is 10.0. The van der Waals surface area contributed by atoms with E-state index in [1.165, 1.54) is 26.5 Å². The molecule has 0 spiro atoms. The molecular weight excluding hydrogens is 332 g/mol. The highest BCUT2D eigenvalue weighted by atomic mass is 32.2. The number of hydrogen-bond acceptors (Lipinski definition) is 3. The minimum absolute atomic E-state index is 0.134. The lowest BCUT2D eigenvalue weighted by atomic mass is 9.83. The number of nitrogens with one attached hydrogen (secondary N) is 2. The molecular formula is C20H20N2S2. The van der Waals surface area contributed by atoms with E-state index in [4.69, 9.17) is 5.41 Å². The zero-order valence-electron chi connectivity index (χ0n) is 13.9. The molecule has 4 rings (SSSR count). The first-order chi connectivity index (χ1) is 11.6. The molecule has 1 aromatic rings. The third-order valence-corrected chi connectivity index (χ3v) is 7.04. The summed E-state index contributed by atoms with van der Waals surface area (Å²) in [6, 6.07) is 6.87. The van der Waals surface area contributed by atoms with Gasteiger partial charge in [0.25, 0.3) is 0 Å². The van der Waals surface area contributed by atoms with Crippen molar-refractivity contribution in [1.82, 2.24) is 5.32 Å². The van der Waals surface area contributed by atoms with Crippen LogP contribution >= 0.6 is 23.5 Å². The maximum absolute atomic E-state index is 7.98. The summed E-state index contributed by atoms with van der Waals surface area (Å²) < 4.78 is 0. The summed E-state index contributed by atoms with van der Waals surface area (Å²) in [4.78, 5) is 2.81. The highest BCUT2D eigenvalue weighted by Gasteiger charge is 2.35. The van der Waals surface area contributed by atoms with Crippen molar-refractivity contribution < 1.29 is 0 Å². The van der Waals surface area contributed by atoms with Gasteiger partial charge in [-0.15, -0.1) is 5.92 Å². The highest BCUT2D eigenvalue weighted by Crippen LogP contribution is 2.53. The van der Waals surface area contributed by atoms with Crippen LogP contribution < -0.4 is 5.32 Å². The molecule has 2 nitrogen and oxygen atoms in total. The molecule has 24 heavy (non-hydrogen) atoms. The third kappa shape index (κ3) is 2.70. The molecule has 1 fully saturated rings. The lowest BCUT2D eigenvalue weighted by Gasteiger charge is -2.36. The van der Waals surface area contributed by atoms with E-state index in [0.29, 0.717) is 11.1 Å². The van der Waals surface area contributed by atoms with Gasteiger partial charge in [-0.05, 0) is 54.9 Å². The Morgan fingerprint density at radius 2 is 2.21 bits per heavy atom. The van der Waals surface area contributed by atoms with E-state index in [9.17, 15) is 0 Å². The zero-order valence-corrected chi connectivity index (χ0v) is 15.5. The Labute approximate surface area is 152 Å². The van der Waals surface area contributed by atoms with Gasteiger partial charge in [0.05, 0.1) is 5.54 Å². The summed E-state index contributed by atoms with van der Waals surface area (Å²) >= 11 is 3.50. The minimum atomic E-state index is -0.134. The van der Waals surface area contributed by atoms with Crippen LogP contribution in [0.15, 0.2) is 45.7 Å². The van der Waals surface area contributed by atoms with Crippen molar-refractivity contribution in [3.63, 3.8) is 0 Å². The Hall–Kier alpha value is -1.57. The predicted octanol–water partition coefficient (Wildman–Crippen LogP) is 4.99. The van der Waals surface area contributed by atoms with Crippen LogP contribution in [0.2, 0.25) is 0 Å². The van der Waals surface area contributed by atoms with Crippen molar-refractivity contribution in [2.24, 2.45) is 0 Å². The van der Waals surface area contributed by atoms with Crippen molar-refractivity contribution in [2.75, 3.05) is 5.75 Å². The molecule has 0 amide bonds. The molecule has 3 aliphatic rings. The molecule has 0 saturated carbocycles. The van der Waals surface area contributed by atoms with Crippen LogP contribution in [0.4, 0.5) is 0 Å². The number of benzene rings is 1. The summed E-state index contributed by atoms with van der Waals surface area (Å²) in [6.45, 7) is 4.12. The van der Waals surface area contributed by atoms with Crippen LogP contribution in [-0.4, -0.2) is 10.9 Å². The van der Waals surface area contributed by atoms with Gasteiger partial charge in [0.2, 0.25) is 0 Å². The van der Waals surface area contributed by atoms with E-state index in [2.05, 4.69) is 54.4 Å². The quantitative estimate of drug-likeness (QED) is 0.699. The second kappa shape index (κ2) is 6.06. The van der Waals surface area contributed by atoms with Crippen molar-refractivity contribution in [3.8, 4) is 11.8 Å². The second-order valence-corrected chi connectivity index (χ2v) is 8.85. The molecule has 2 atom stereocenters. The zero-order chi connectivity index (χ0) is 16.7. The average molecular weight is 353 g/mol. The molecule has 4 heteroatoms. The van der Waals surface area contributed by atoms with Crippen LogP contribution in [0, 0.1) is 17.3 Å². The molecule has 1 saturated heterocycles. The number of hydrogen-bond donors (Lipinski definition) is 2. The van der Waals surface area contributed by atoms with Crippen LogP contribution in [0.5, 0.6) is 0 Å². The largest absolute Gasteiger partial charge is 0.356 e. The van der Waals surface area contributed by atoms with Gasteiger partial charge in [-0.1, -0.05) is 47.7 Å². The van der Waals surface area contributed by atoms with Gasteiger partial charge >= 0.3 is 0 Å². The SMILES string of the molecule is CC#CC1=CC=C2Sc3ccc([C@]4(C)CCSC(=N)N4)cc3C2C1. The smallest absolute Gasteiger partial charge is 0.154 e. The maximum Gasteiger partial charge on any atom is 0.154 e. The Bertz CT molecular complexity index is 841. The van der Waals surface area contributed by atoms with E-state index < -0.39 is 0 Å². The van der Waals surface area contributed by atoms with Crippen molar-refractivity contribution >= 4 is 28.7 Å². The highest BCUT2D eigenvalue weighted by molar-refractivity contribution is 8.13. The van der Waals surface area contributed by atoms with Crippen molar-refractivity contribution in [1.29, 1.82) is 5.41 Å². The lowest BCUT2D eigenvalue weighted by Crippen LogP contribution is -2.45. The van der Waals surface area contributed by atoms with Crippen LogP contribution in [0.1, 0.15) is 43.7 Å². The molecule has 2 aliphatic heterocycles. The third-order valence-electron chi connectivity index (χ3n) is 4.99. The van der Waals surface area contributed by atoms with E-state index >= 15 is 0 Å². The Morgan fingerprint density at radius 3 is 3.00 bits per heavy atom. The molecule has 0 aromatic heterocycles. The second-order valence-electron chi connectivity index (χ2n) is 6.63. The fraction of sp³-hybridized carbons (Fsp3) is 0.350. The van der Waals surface area contributed by atoms with E-state index in [-0.39, 0.29) is 5.54 Å². The summed E-state index contributed by atoms with van der Waals surface area (Å²) in [7, 11) is 0.